The van der Waals surface area contributed by atoms with Crippen molar-refractivity contribution in [3.8, 4) is 5.75 Å². The Bertz CT molecular complexity index is 723. The van der Waals surface area contributed by atoms with E-state index in [1.54, 1.807) is 12.1 Å². The van der Waals surface area contributed by atoms with Crippen LogP contribution >= 0.6 is 0 Å². The fraction of sp³-hybridized carbons (Fsp3) is 0.600. The van der Waals surface area contributed by atoms with Gasteiger partial charge in [0.15, 0.2) is 5.60 Å². The SMILES string of the molecule is O=C(Oc1ccc(C2=NOC3(CCOC3)C2)cc1)C1CCC(OC(F)F)CC1. The van der Waals surface area contributed by atoms with Gasteiger partial charge in [-0.05, 0) is 55.5 Å². The van der Waals surface area contributed by atoms with E-state index in [9.17, 15) is 13.6 Å². The molecule has 0 radical (unpaired) electrons. The van der Waals surface area contributed by atoms with Gasteiger partial charge in [0.25, 0.3) is 0 Å². The van der Waals surface area contributed by atoms with Gasteiger partial charge in [-0.15, -0.1) is 0 Å². The second-order valence-corrected chi connectivity index (χ2v) is 7.61. The Hall–Kier alpha value is -2.06. The van der Waals surface area contributed by atoms with Gasteiger partial charge in [0, 0.05) is 12.8 Å². The molecule has 3 aliphatic rings. The van der Waals surface area contributed by atoms with Crippen molar-refractivity contribution in [3.05, 3.63) is 29.8 Å². The van der Waals surface area contributed by atoms with Crippen molar-refractivity contribution in [2.45, 2.75) is 56.8 Å². The van der Waals surface area contributed by atoms with Crippen molar-refractivity contribution >= 4 is 11.7 Å². The fourth-order valence-electron chi connectivity index (χ4n) is 3.97. The normalized spacial score (nSPS) is 29.8. The fourth-order valence-corrected chi connectivity index (χ4v) is 3.97. The molecule has 1 saturated carbocycles. The molecule has 1 spiro atoms. The van der Waals surface area contributed by atoms with Crippen LogP contribution in [0.1, 0.15) is 44.1 Å². The van der Waals surface area contributed by atoms with Crippen LogP contribution in [-0.2, 0) is 19.1 Å². The number of rotatable bonds is 5. The molecule has 1 atom stereocenters. The first-order valence-corrected chi connectivity index (χ1v) is 9.62. The summed E-state index contributed by atoms with van der Waals surface area (Å²) < 4.78 is 39.9. The maximum Gasteiger partial charge on any atom is 0.345 e. The smallest absolute Gasteiger partial charge is 0.345 e. The van der Waals surface area contributed by atoms with E-state index < -0.39 is 12.7 Å². The van der Waals surface area contributed by atoms with Crippen LogP contribution in [-0.4, -0.2) is 43.2 Å². The van der Waals surface area contributed by atoms with E-state index in [1.807, 2.05) is 12.1 Å². The van der Waals surface area contributed by atoms with Gasteiger partial charge in [0.1, 0.15) is 5.75 Å². The van der Waals surface area contributed by atoms with Crippen LogP contribution in [0.4, 0.5) is 8.78 Å². The second-order valence-electron chi connectivity index (χ2n) is 7.61. The number of alkyl halides is 2. The molecule has 2 heterocycles. The lowest BCUT2D eigenvalue weighted by Gasteiger charge is -2.26. The summed E-state index contributed by atoms with van der Waals surface area (Å²) in [5.41, 5.74) is 1.46. The zero-order valence-electron chi connectivity index (χ0n) is 15.4. The molecule has 6 nitrogen and oxygen atoms in total. The van der Waals surface area contributed by atoms with Crippen molar-refractivity contribution in [2.24, 2.45) is 11.1 Å². The minimum absolute atomic E-state index is 0.285. The third-order valence-corrected chi connectivity index (χ3v) is 5.62. The van der Waals surface area contributed by atoms with Gasteiger partial charge in [-0.25, -0.2) is 0 Å². The van der Waals surface area contributed by atoms with E-state index in [2.05, 4.69) is 9.89 Å². The second kappa shape index (κ2) is 8.13. The van der Waals surface area contributed by atoms with Gasteiger partial charge in [-0.1, -0.05) is 5.16 Å². The zero-order valence-corrected chi connectivity index (χ0v) is 15.4. The molecule has 0 amide bonds. The molecule has 0 N–H and O–H groups in total. The van der Waals surface area contributed by atoms with Crippen LogP contribution in [0.15, 0.2) is 29.4 Å². The molecular formula is C20H23F2NO5. The van der Waals surface area contributed by atoms with Crippen molar-refractivity contribution in [2.75, 3.05) is 13.2 Å². The summed E-state index contributed by atoms with van der Waals surface area (Å²) in [4.78, 5) is 17.9. The van der Waals surface area contributed by atoms with E-state index in [4.69, 9.17) is 14.3 Å². The van der Waals surface area contributed by atoms with Crippen molar-refractivity contribution in [3.63, 3.8) is 0 Å². The Kier molecular flexibility index (Phi) is 5.59. The molecule has 1 saturated heterocycles. The average Bonchev–Trinajstić information content (AvgIpc) is 3.32. The highest BCUT2D eigenvalue weighted by atomic mass is 19.3. The number of carbonyl (C=O) groups is 1. The Balaban J connectivity index is 1.28. The summed E-state index contributed by atoms with van der Waals surface area (Å²) in [6.07, 6.45) is 2.92. The van der Waals surface area contributed by atoms with Crippen molar-refractivity contribution in [1.29, 1.82) is 0 Å². The summed E-state index contributed by atoms with van der Waals surface area (Å²) in [5.74, 6) is -0.156. The van der Waals surface area contributed by atoms with E-state index in [1.165, 1.54) is 0 Å². The lowest BCUT2D eigenvalue weighted by Crippen LogP contribution is -2.29. The summed E-state index contributed by atoms with van der Waals surface area (Å²) >= 11 is 0. The molecule has 0 aromatic heterocycles. The molecular weight excluding hydrogens is 372 g/mol. The Morgan fingerprint density at radius 3 is 2.57 bits per heavy atom. The van der Waals surface area contributed by atoms with Gasteiger partial charge in [0.2, 0.25) is 0 Å². The molecule has 1 unspecified atom stereocenters. The standard InChI is InChI=1S/C20H23F2NO5/c21-19(22)27-16-7-3-14(4-8-16)18(24)26-15-5-1-13(2-6-15)17-11-20(28-23-17)9-10-25-12-20/h1-2,5-6,14,16,19H,3-4,7-12H2. The van der Waals surface area contributed by atoms with E-state index in [0.29, 0.717) is 51.1 Å². The lowest BCUT2D eigenvalue weighted by molar-refractivity contribution is -0.173. The molecule has 4 rings (SSSR count). The quantitative estimate of drug-likeness (QED) is 0.562. The summed E-state index contributed by atoms with van der Waals surface area (Å²) in [5, 5.41) is 4.20. The van der Waals surface area contributed by atoms with Crippen molar-refractivity contribution in [1.82, 2.24) is 0 Å². The third kappa shape index (κ3) is 4.33. The molecule has 152 valence electrons. The van der Waals surface area contributed by atoms with Crippen LogP contribution < -0.4 is 4.74 Å². The largest absolute Gasteiger partial charge is 0.426 e. The summed E-state index contributed by atoms with van der Waals surface area (Å²) in [6, 6.07) is 7.18. The topological polar surface area (TPSA) is 66.4 Å². The maximum atomic E-state index is 12.3. The first kappa shape index (κ1) is 19.3. The van der Waals surface area contributed by atoms with Gasteiger partial charge >= 0.3 is 12.6 Å². The number of esters is 1. The monoisotopic (exact) mass is 395 g/mol. The van der Waals surface area contributed by atoms with Gasteiger partial charge in [-0.2, -0.15) is 8.78 Å². The van der Waals surface area contributed by atoms with Gasteiger partial charge < -0.3 is 19.0 Å². The molecule has 1 aliphatic carbocycles. The van der Waals surface area contributed by atoms with Crippen LogP contribution in [0.3, 0.4) is 0 Å². The number of oxime groups is 1. The molecule has 2 aliphatic heterocycles. The lowest BCUT2D eigenvalue weighted by atomic mass is 9.87. The number of nitrogens with zero attached hydrogens (tertiary/aromatic N) is 1. The Morgan fingerprint density at radius 2 is 1.93 bits per heavy atom. The number of hydrogen-bond donors (Lipinski definition) is 0. The number of benzene rings is 1. The molecule has 8 heteroatoms. The molecule has 28 heavy (non-hydrogen) atoms. The maximum absolute atomic E-state index is 12.3. The molecule has 1 aromatic carbocycles. The predicted molar refractivity (Wildman–Crippen MR) is 95.3 cm³/mol. The van der Waals surface area contributed by atoms with Crippen LogP contribution in [0.25, 0.3) is 0 Å². The van der Waals surface area contributed by atoms with Crippen LogP contribution in [0, 0.1) is 5.92 Å². The van der Waals surface area contributed by atoms with E-state index in [0.717, 1.165) is 17.7 Å². The Morgan fingerprint density at radius 1 is 1.18 bits per heavy atom. The number of ether oxygens (including phenoxy) is 3. The van der Waals surface area contributed by atoms with Crippen molar-refractivity contribution < 1.29 is 32.6 Å². The highest BCUT2D eigenvalue weighted by Gasteiger charge is 2.43. The molecule has 0 bridgehead atoms. The van der Waals surface area contributed by atoms with Gasteiger partial charge in [0.05, 0.1) is 30.9 Å². The predicted octanol–water partition coefficient (Wildman–Crippen LogP) is 3.67. The zero-order chi connectivity index (χ0) is 19.6. The number of carbonyl (C=O) groups excluding carboxylic acids is 1. The van der Waals surface area contributed by atoms with E-state index in [-0.39, 0.29) is 17.5 Å². The Labute approximate surface area is 161 Å². The third-order valence-electron chi connectivity index (χ3n) is 5.62. The number of hydrogen-bond acceptors (Lipinski definition) is 6. The summed E-state index contributed by atoms with van der Waals surface area (Å²) in [6.45, 7) is -1.52. The highest BCUT2D eigenvalue weighted by Crippen LogP contribution is 2.34. The van der Waals surface area contributed by atoms with Crippen LogP contribution in [0.2, 0.25) is 0 Å². The highest BCUT2D eigenvalue weighted by molar-refractivity contribution is 6.01. The van der Waals surface area contributed by atoms with Crippen LogP contribution in [0.5, 0.6) is 5.75 Å². The first-order chi connectivity index (χ1) is 13.5. The van der Waals surface area contributed by atoms with Gasteiger partial charge in [-0.3, -0.25) is 4.79 Å². The first-order valence-electron chi connectivity index (χ1n) is 9.62. The minimum atomic E-state index is -2.77. The minimum Gasteiger partial charge on any atom is -0.426 e. The number of halogens is 2. The summed E-state index contributed by atoms with van der Waals surface area (Å²) in [7, 11) is 0. The molecule has 2 fully saturated rings. The molecule has 1 aromatic rings. The average molecular weight is 395 g/mol. The van der Waals surface area contributed by atoms with E-state index >= 15 is 0 Å².